The Morgan fingerprint density at radius 3 is 2.24 bits per heavy atom. The Kier molecular flexibility index (Phi) is 14.3. The Labute approximate surface area is 204 Å². The van der Waals surface area contributed by atoms with Crippen LogP contribution in [-0.2, 0) is 0 Å². The molecule has 33 heavy (non-hydrogen) atoms. The van der Waals surface area contributed by atoms with Crippen molar-refractivity contribution in [3.63, 3.8) is 0 Å². The van der Waals surface area contributed by atoms with Gasteiger partial charge in [0.05, 0.1) is 18.0 Å². The van der Waals surface area contributed by atoms with Gasteiger partial charge in [-0.1, -0.05) is 6.07 Å². The van der Waals surface area contributed by atoms with E-state index in [9.17, 15) is 0 Å². The molecule has 0 saturated carbocycles. The molecule has 0 unspecified atom stereocenters. The molecule has 0 amide bonds. The number of rotatable bonds is 6. The molecular weight excluding hydrogens is 471 g/mol. The summed E-state index contributed by atoms with van der Waals surface area (Å²) in [6.07, 6.45) is 3.45. The molecule has 3 heterocycles. The topological polar surface area (TPSA) is 164 Å². The Morgan fingerprint density at radius 2 is 1.61 bits per heavy atom. The number of halogens is 2. The third kappa shape index (κ3) is 7.70. The van der Waals surface area contributed by atoms with Crippen LogP contribution in [0.25, 0.3) is 11.0 Å². The average Bonchev–Trinajstić information content (AvgIpc) is 2.71. The van der Waals surface area contributed by atoms with Gasteiger partial charge >= 0.3 is 0 Å². The fourth-order valence-corrected chi connectivity index (χ4v) is 2.84. The predicted octanol–water partition coefficient (Wildman–Crippen LogP) is 3.64. The van der Waals surface area contributed by atoms with Gasteiger partial charge in [0.25, 0.3) is 0 Å². The number of aromatic nitrogens is 3. The second kappa shape index (κ2) is 14.8. The number of fused-ring (bicyclic) bond motifs is 1. The summed E-state index contributed by atoms with van der Waals surface area (Å²) >= 11 is 0. The number of nitrogens with zero attached hydrogens (tertiary/aromatic N) is 3. The largest absolute Gasteiger partial charge is 0.492 e. The number of nitrogens with one attached hydrogen (secondary N) is 1. The quantitative estimate of drug-likeness (QED) is 0.426. The molecule has 180 valence electrons. The molecule has 0 aliphatic carbocycles. The van der Waals surface area contributed by atoms with Gasteiger partial charge in [0.1, 0.15) is 11.5 Å². The fraction of sp³-hybridized carbons (Fsp3) is 0.136. The molecule has 0 atom stereocenters. The minimum Gasteiger partial charge on any atom is -0.492 e. The minimum absolute atomic E-state index is 0. The van der Waals surface area contributed by atoms with E-state index >= 15 is 0 Å². The molecule has 11 heteroatoms. The van der Waals surface area contributed by atoms with Gasteiger partial charge in [0.15, 0.2) is 5.65 Å². The van der Waals surface area contributed by atoms with Crippen LogP contribution in [0.5, 0.6) is 17.4 Å². The monoisotopic (exact) mass is 498 g/mol. The highest BCUT2D eigenvalue weighted by Crippen LogP contribution is 2.30. The third-order valence-corrected chi connectivity index (χ3v) is 4.17. The number of aryl methyl sites for hydroxylation is 1. The Balaban J connectivity index is 0. The standard InChI is InChI=1S/C22H20N4O2.2ClH.3H2O/c1-3-27-20-14-18-19(11-13-24-22(18)25-15(20)2)26-16-7-9-17(10-8-16)28-21-6-4-5-12-23-21;;;;;/h4-14H,3H2,1-2H3,(H,24,25,26);2*1H;3*1H2. The van der Waals surface area contributed by atoms with Crippen LogP contribution in [0.15, 0.2) is 67.0 Å². The lowest BCUT2D eigenvalue weighted by Crippen LogP contribution is -1.99. The van der Waals surface area contributed by atoms with E-state index in [1.807, 2.05) is 68.4 Å². The highest BCUT2D eigenvalue weighted by molar-refractivity contribution is 5.91. The van der Waals surface area contributed by atoms with E-state index in [0.29, 0.717) is 18.1 Å². The molecule has 4 rings (SSSR count). The first kappa shape index (κ1) is 32.0. The van der Waals surface area contributed by atoms with E-state index in [1.54, 1.807) is 12.4 Å². The number of hydrogen-bond donors (Lipinski definition) is 1. The van der Waals surface area contributed by atoms with Crippen molar-refractivity contribution in [3.05, 3.63) is 72.7 Å². The van der Waals surface area contributed by atoms with Crippen molar-refractivity contribution in [2.45, 2.75) is 13.8 Å². The minimum atomic E-state index is 0. The van der Waals surface area contributed by atoms with E-state index in [2.05, 4.69) is 20.3 Å². The van der Waals surface area contributed by atoms with Crippen molar-refractivity contribution in [1.82, 2.24) is 15.0 Å². The summed E-state index contributed by atoms with van der Waals surface area (Å²) in [6, 6.07) is 17.2. The van der Waals surface area contributed by atoms with Gasteiger partial charge in [-0.3, -0.25) is 0 Å². The lowest BCUT2D eigenvalue weighted by atomic mass is 10.2. The van der Waals surface area contributed by atoms with Crippen molar-refractivity contribution in [2.75, 3.05) is 11.9 Å². The first-order valence-corrected chi connectivity index (χ1v) is 9.08. The molecule has 0 radical (unpaired) electrons. The van der Waals surface area contributed by atoms with Crippen LogP contribution in [0.4, 0.5) is 11.4 Å². The van der Waals surface area contributed by atoms with Gasteiger partial charge in [-0.15, -0.1) is 24.8 Å². The number of pyridine rings is 3. The Morgan fingerprint density at radius 1 is 0.879 bits per heavy atom. The molecule has 0 aliphatic heterocycles. The zero-order chi connectivity index (χ0) is 19.3. The molecule has 4 aromatic rings. The third-order valence-electron chi connectivity index (χ3n) is 4.17. The van der Waals surface area contributed by atoms with Crippen LogP contribution >= 0.6 is 24.8 Å². The zero-order valence-electron chi connectivity index (χ0n) is 18.0. The van der Waals surface area contributed by atoms with Crippen LogP contribution in [0.3, 0.4) is 0 Å². The van der Waals surface area contributed by atoms with E-state index in [4.69, 9.17) is 9.47 Å². The summed E-state index contributed by atoms with van der Waals surface area (Å²) in [5.74, 6) is 2.05. The van der Waals surface area contributed by atoms with E-state index in [1.165, 1.54) is 0 Å². The summed E-state index contributed by atoms with van der Waals surface area (Å²) in [6.45, 7) is 4.47. The molecule has 0 saturated heterocycles. The van der Waals surface area contributed by atoms with Crippen LogP contribution in [0, 0.1) is 6.92 Å². The smallest absolute Gasteiger partial charge is 0.219 e. The molecule has 0 bridgehead atoms. The van der Waals surface area contributed by atoms with Crippen molar-refractivity contribution in [3.8, 4) is 17.4 Å². The summed E-state index contributed by atoms with van der Waals surface area (Å²) in [4.78, 5) is 13.1. The van der Waals surface area contributed by atoms with Gasteiger partial charge in [0.2, 0.25) is 5.88 Å². The van der Waals surface area contributed by atoms with Crippen molar-refractivity contribution < 1.29 is 25.9 Å². The van der Waals surface area contributed by atoms with Crippen LogP contribution < -0.4 is 14.8 Å². The lowest BCUT2D eigenvalue weighted by Gasteiger charge is -2.12. The van der Waals surface area contributed by atoms with Gasteiger partial charge < -0.3 is 31.2 Å². The maximum atomic E-state index is 5.73. The number of anilines is 2. The van der Waals surface area contributed by atoms with Crippen molar-refractivity contribution in [2.24, 2.45) is 0 Å². The summed E-state index contributed by atoms with van der Waals surface area (Å²) in [5, 5.41) is 4.33. The number of ether oxygens (including phenoxy) is 2. The first-order valence-electron chi connectivity index (χ1n) is 9.08. The SMILES string of the molecule is CCOc1cc2c(Nc3ccc(Oc4ccccn4)cc3)ccnc2nc1C.Cl.Cl.O.O.O. The van der Waals surface area contributed by atoms with Crippen molar-refractivity contribution in [1.29, 1.82) is 0 Å². The summed E-state index contributed by atoms with van der Waals surface area (Å²) in [5.41, 5.74) is 3.35. The molecular formula is C22H28Cl2N4O5. The highest BCUT2D eigenvalue weighted by atomic mass is 35.5. The second-order valence-electron chi connectivity index (χ2n) is 6.15. The molecule has 0 fully saturated rings. The molecule has 1 aromatic carbocycles. The van der Waals surface area contributed by atoms with E-state index in [0.717, 1.165) is 34.0 Å². The summed E-state index contributed by atoms with van der Waals surface area (Å²) in [7, 11) is 0. The number of hydrogen-bond acceptors (Lipinski definition) is 6. The normalized spacial score (nSPS) is 9.03. The van der Waals surface area contributed by atoms with Crippen LogP contribution in [-0.4, -0.2) is 38.0 Å². The maximum Gasteiger partial charge on any atom is 0.219 e. The molecule has 3 aromatic heterocycles. The molecule has 0 aliphatic rings. The molecule has 7 N–H and O–H groups in total. The second-order valence-corrected chi connectivity index (χ2v) is 6.15. The fourth-order valence-electron chi connectivity index (χ4n) is 2.84. The first-order chi connectivity index (χ1) is 13.7. The Bertz CT molecular complexity index is 1100. The van der Waals surface area contributed by atoms with Crippen LogP contribution in [0.1, 0.15) is 12.6 Å². The van der Waals surface area contributed by atoms with Gasteiger partial charge in [0, 0.05) is 29.5 Å². The van der Waals surface area contributed by atoms with Crippen molar-refractivity contribution >= 4 is 47.2 Å². The Hall–Kier alpha value is -3.21. The summed E-state index contributed by atoms with van der Waals surface area (Å²) < 4.78 is 11.4. The molecule has 9 nitrogen and oxygen atoms in total. The molecule has 0 spiro atoms. The zero-order valence-corrected chi connectivity index (χ0v) is 19.7. The number of benzene rings is 1. The van der Waals surface area contributed by atoms with E-state index < -0.39 is 0 Å². The van der Waals surface area contributed by atoms with Gasteiger partial charge in [-0.2, -0.15) is 0 Å². The van der Waals surface area contributed by atoms with Gasteiger partial charge in [-0.25, -0.2) is 15.0 Å². The highest BCUT2D eigenvalue weighted by Gasteiger charge is 2.09. The van der Waals surface area contributed by atoms with Crippen LogP contribution in [0.2, 0.25) is 0 Å². The predicted molar refractivity (Wildman–Crippen MR) is 135 cm³/mol. The lowest BCUT2D eigenvalue weighted by molar-refractivity contribution is 0.337. The van der Waals surface area contributed by atoms with Gasteiger partial charge in [-0.05, 0) is 56.3 Å². The van der Waals surface area contributed by atoms with E-state index in [-0.39, 0.29) is 41.2 Å². The average molecular weight is 499 g/mol. The maximum absolute atomic E-state index is 5.73.